The zero-order chi connectivity index (χ0) is 20.1. The molecule has 2 atom stereocenters. The maximum Gasteiger partial charge on any atom is 0.271 e. The Morgan fingerprint density at radius 1 is 0.929 bits per heavy atom. The summed E-state index contributed by atoms with van der Waals surface area (Å²) in [5, 5.41) is 17.0. The third-order valence-electron chi connectivity index (χ3n) is 4.54. The van der Waals surface area contributed by atoms with Gasteiger partial charge in [0, 0.05) is 28.5 Å². The van der Waals surface area contributed by atoms with E-state index in [-0.39, 0.29) is 17.5 Å². The molecule has 0 fully saturated rings. The molecule has 0 radical (unpaired) electrons. The van der Waals surface area contributed by atoms with Gasteiger partial charge in [-0.25, -0.2) is 0 Å². The largest absolute Gasteiger partial charge is 0.326 e. The Hall–Kier alpha value is -3.19. The normalized spacial score (nSPS) is 18.3. The minimum absolute atomic E-state index is 0.113. The van der Waals surface area contributed by atoms with Crippen molar-refractivity contribution in [2.45, 2.75) is 12.8 Å². The van der Waals surface area contributed by atoms with E-state index in [4.69, 9.17) is 11.6 Å². The molecule has 1 aliphatic rings. The number of carbonyl (C=O) groups is 2. The maximum absolute atomic E-state index is 12.7. The second-order valence-electron chi connectivity index (χ2n) is 6.45. The Morgan fingerprint density at radius 2 is 1.50 bits per heavy atom. The first kappa shape index (κ1) is 19.6. The van der Waals surface area contributed by atoms with Gasteiger partial charge in [-0.2, -0.15) is 0 Å². The molecule has 2 aromatic carbocycles. The summed E-state index contributed by atoms with van der Waals surface area (Å²) in [5.41, 5.74) is 0.811. The molecule has 0 spiro atoms. The van der Waals surface area contributed by atoms with Gasteiger partial charge in [-0.3, -0.25) is 19.7 Å². The third-order valence-corrected chi connectivity index (χ3v) is 4.79. The number of hydrogen-bond acceptors (Lipinski definition) is 4. The van der Waals surface area contributed by atoms with E-state index in [9.17, 15) is 19.7 Å². The van der Waals surface area contributed by atoms with Crippen molar-refractivity contribution >= 4 is 40.5 Å². The molecule has 1 aliphatic carbocycles. The van der Waals surface area contributed by atoms with Crippen LogP contribution in [0.2, 0.25) is 5.02 Å². The van der Waals surface area contributed by atoms with E-state index < -0.39 is 16.8 Å². The summed E-state index contributed by atoms with van der Waals surface area (Å²) in [6.07, 6.45) is 4.60. The van der Waals surface area contributed by atoms with Crippen LogP contribution in [-0.4, -0.2) is 16.7 Å². The van der Waals surface area contributed by atoms with Gasteiger partial charge in [0.05, 0.1) is 16.8 Å². The molecule has 2 aromatic rings. The number of rotatable bonds is 5. The van der Waals surface area contributed by atoms with Gasteiger partial charge < -0.3 is 10.6 Å². The van der Waals surface area contributed by atoms with Crippen LogP contribution in [0.4, 0.5) is 17.1 Å². The summed E-state index contributed by atoms with van der Waals surface area (Å²) in [5.74, 6) is -1.72. The van der Waals surface area contributed by atoms with E-state index in [0.29, 0.717) is 29.2 Å². The minimum atomic E-state index is -0.573. The fraction of sp³-hybridized carbons (Fsp3) is 0.200. The Balaban J connectivity index is 1.71. The second kappa shape index (κ2) is 8.67. The smallest absolute Gasteiger partial charge is 0.271 e. The highest BCUT2D eigenvalue weighted by atomic mass is 35.5. The lowest BCUT2D eigenvalue weighted by atomic mass is 9.81. The van der Waals surface area contributed by atoms with E-state index in [1.165, 1.54) is 18.2 Å². The topological polar surface area (TPSA) is 101 Å². The Bertz CT molecular complexity index is 927. The Morgan fingerprint density at radius 3 is 2.07 bits per heavy atom. The molecule has 0 saturated carbocycles. The summed E-state index contributed by atoms with van der Waals surface area (Å²) in [6.45, 7) is 0. The Kier molecular flexibility index (Phi) is 6.06. The van der Waals surface area contributed by atoms with Crippen LogP contribution in [0.1, 0.15) is 12.8 Å². The molecule has 0 heterocycles. The molecule has 0 aromatic heterocycles. The first-order chi connectivity index (χ1) is 13.4. The highest BCUT2D eigenvalue weighted by Gasteiger charge is 2.34. The molecule has 8 heteroatoms. The molecule has 144 valence electrons. The fourth-order valence-corrected chi connectivity index (χ4v) is 3.22. The zero-order valence-electron chi connectivity index (χ0n) is 14.8. The van der Waals surface area contributed by atoms with E-state index in [0.717, 1.165) is 0 Å². The van der Waals surface area contributed by atoms with Crippen LogP contribution >= 0.6 is 11.6 Å². The SMILES string of the molecule is O=C(Nc1ccc(Cl)cc1)C1CC=CCC1C(=O)Nc1cccc([N+](=O)[O-])c1. The van der Waals surface area contributed by atoms with Gasteiger partial charge in [-0.1, -0.05) is 29.8 Å². The summed E-state index contributed by atoms with van der Waals surface area (Å²) in [4.78, 5) is 35.8. The van der Waals surface area contributed by atoms with Crippen LogP contribution in [0, 0.1) is 22.0 Å². The molecule has 7 nitrogen and oxygen atoms in total. The number of benzene rings is 2. The van der Waals surface area contributed by atoms with Gasteiger partial charge in [0.15, 0.2) is 0 Å². The third kappa shape index (κ3) is 4.75. The lowest BCUT2D eigenvalue weighted by molar-refractivity contribution is -0.384. The number of nitro groups is 1. The van der Waals surface area contributed by atoms with Crippen LogP contribution in [0.25, 0.3) is 0 Å². The number of nitrogens with one attached hydrogen (secondary N) is 2. The summed E-state index contributed by atoms with van der Waals surface area (Å²) >= 11 is 5.85. The Labute approximate surface area is 166 Å². The van der Waals surface area contributed by atoms with E-state index in [1.807, 2.05) is 12.2 Å². The summed E-state index contributed by atoms with van der Waals surface area (Å²) < 4.78 is 0. The average Bonchev–Trinajstić information content (AvgIpc) is 2.70. The molecule has 2 unspecified atom stereocenters. The number of allylic oxidation sites excluding steroid dienone is 2. The number of non-ortho nitro benzene ring substituents is 1. The molecule has 2 N–H and O–H groups in total. The molecule has 28 heavy (non-hydrogen) atoms. The minimum Gasteiger partial charge on any atom is -0.326 e. The molecule has 2 amide bonds. The van der Waals surface area contributed by atoms with Gasteiger partial charge in [-0.15, -0.1) is 0 Å². The van der Waals surface area contributed by atoms with E-state index in [1.54, 1.807) is 30.3 Å². The molecule has 0 aliphatic heterocycles. The molecular formula is C20H18ClN3O4. The van der Waals surface area contributed by atoms with Gasteiger partial charge in [0.25, 0.3) is 5.69 Å². The number of carbonyl (C=O) groups excluding carboxylic acids is 2. The van der Waals surface area contributed by atoms with Crippen LogP contribution in [-0.2, 0) is 9.59 Å². The molecule has 0 saturated heterocycles. The van der Waals surface area contributed by atoms with Crippen molar-refractivity contribution in [3.63, 3.8) is 0 Å². The van der Waals surface area contributed by atoms with Crippen molar-refractivity contribution in [1.82, 2.24) is 0 Å². The molecular weight excluding hydrogens is 382 g/mol. The van der Waals surface area contributed by atoms with Gasteiger partial charge >= 0.3 is 0 Å². The number of nitro benzene ring substituents is 1. The van der Waals surface area contributed by atoms with Crippen molar-refractivity contribution in [3.05, 3.63) is 75.8 Å². The number of halogens is 1. The first-order valence-corrected chi connectivity index (χ1v) is 9.08. The number of amides is 2. The molecule has 0 bridgehead atoms. The quantitative estimate of drug-likeness (QED) is 0.441. The number of nitrogens with zero attached hydrogens (tertiary/aromatic N) is 1. The predicted molar refractivity (Wildman–Crippen MR) is 107 cm³/mol. The van der Waals surface area contributed by atoms with Crippen molar-refractivity contribution in [1.29, 1.82) is 0 Å². The van der Waals surface area contributed by atoms with Gasteiger partial charge in [-0.05, 0) is 43.2 Å². The summed E-state index contributed by atoms with van der Waals surface area (Å²) in [7, 11) is 0. The summed E-state index contributed by atoms with van der Waals surface area (Å²) in [6, 6.07) is 12.4. The number of hydrogen-bond donors (Lipinski definition) is 2. The van der Waals surface area contributed by atoms with Crippen LogP contribution in [0.3, 0.4) is 0 Å². The maximum atomic E-state index is 12.7. The fourth-order valence-electron chi connectivity index (χ4n) is 3.09. The zero-order valence-corrected chi connectivity index (χ0v) is 15.6. The highest BCUT2D eigenvalue weighted by molar-refractivity contribution is 6.30. The van der Waals surface area contributed by atoms with Crippen LogP contribution in [0.5, 0.6) is 0 Å². The first-order valence-electron chi connectivity index (χ1n) is 8.71. The van der Waals surface area contributed by atoms with Crippen molar-refractivity contribution in [2.75, 3.05) is 10.6 Å². The average molecular weight is 400 g/mol. The van der Waals surface area contributed by atoms with Gasteiger partial charge in [0.1, 0.15) is 0 Å². The second-order valence-corrected chi connectivity index (χ2v) is 6.89. The lowest BCUT2D eigenvalue weighted by Gasteiger charge is -2.26. The van der Waals surface area contributed by atoms with Crippen molar-refractivity contribution in [2.24, 2.45) is 11.8 Å². The molecule has 3 rings (SSSR count). The highest BCUT2D eigenvalue weighted by Crippen LogP contribution is 2.29. The standard InChI is InChI=1S/C20H18ClN3O4/c21-13-8-10-14(11-9-13)22-19(25)17-6-1-2-7-18(17)20(26)23-15-4-3-5-16(12-15)24(27)28/h1-5,8-12,17-18H,6-7H2,(H,22,25)(H,23,26). The number of anilines is 2. The van der Waals surface area contributed by atoms with Crippen LogP contribution < -0.4 is 10.6 Å². The van der Waals surface area contributed by atoms with Gasteiger partial charge in [0.2, 0.25) is 11.8 Å². The van der Waals surface area contributed by atoms with E-state index >= 15 is 0 Å². The lowest BCUT2D eigenvalue weighted by Crippen LogP contribution is -2.37. The predicted octanol–water partition coefficient (Wildman–Crippen LogP) is 4.41. The van der Waals surface area contributed by atoms with E-state index in [2.05, 4.69) is 10.6 Å². The van der Waals surface area contributed by atoms with Crippen LogP contribution in [0.15, 0.2) is 60.7 Å². The van der Waals surface area contributed by atoms with Crippen molar-refractivity contribution < 1.29 is 14.5 Å². The monoisotopic (exact) mass is 399 g/mol. The van der Waals surface area contributed by atoms with Crippen molar-refractivity contribution in [3.8, 4) is 0 Å².